The molecule has 0 bridgehead atoms. The van der Waals surface area contributed by atoms with E-state index in [1.165, 1.54) is 28.4 Å². The molecule has 8 nitrogen and oxygen atoms in total. The van der Waals surface area contributed by atoms with Crippen molar-refractivity contribution < 1.29 is 26.7 Å². The summed E-state index contributed by atoms with van der Waals surface area (Å²) in [6.07, 6.45) is 0.819. The molecule has 1 unspecified atom stereocenters. The number of rotatable bonds is 10. The number of benzene rings is 1. The average Bonchev–Trinajstić information content (AvgIpc) is 3.60. The van der Waals surface area contributed by atoms with E-state index < -0.39 is 27.9 Å². The summed E-state index contributed by atoms with van der Waals surface area (Å²) >= 11 is 1.20. The van der Waals surface area contributed by atoms with Crippen LogP contribution >= 0.6 is 11.8 Å². The van der Waals surface area contributed by atoms with Crippen molar-refractivity contribution in [2.75, 3.05) is 57.8 Å². The number of fused-ring (bicyclic) bond motifs is 1. The van der Waals surface area contributed by atoms with Crippen LogP contribution in [0.1, 0.15) is 63.3 Å². The van der Waals surface area contributed by atoms with Gasteiger partial charge in [0.25, 0.3) is 0 Å². The summed E-state index contributed by atoms with van der Waals surface area (Å²) in [5.41, 5.74) is 2.12. The lowest BCUT2D eigenvalue weighted by atomic mass is 9.75. The molecule has 0 saturated carbocycles. The van der Waals surface area contributed by atoms with E-state index in [9.17, 15) is 26.7 Å². The van der Waals surface area contributed by atoms with Gasteiger partial charge >= 0.3 is 6.18 Å². The Kier molecular flexibility index (Phi) is 10.7. The fourth-order valence-corrected chi connectivity index (χ4v) is 8.89. The first kappa shape index (κ1) is 34.7. The van der Waals surface area contributed by atoms with Crippen LogP contribution < -0.4 is 0 Å². The van der Waals surface area contributed by atoms with Crippen LogP contribution in [0.3, 0.4) is 0 Å². The minimum absolute atomic E-state index is 0.0956. The quantitative estimate of drug-likeness (QED) is 0.348. The Bertz CT molecular complexity index is 1430. The fraction of sp³-hybridized carbons (Fsp3) is 0.719. The maximum atomic E-state index is 14.0. The molecule has 3 aliphatic rings. The topological polar surface area (TPSA) is 81.9 Å². The van der Waals surface area contributed by atoms with E-state index in [0.717, 1.165) is 70.2 Å². The van der Waals surface area contributed by atoms with E-state index in [2.05, 4.69) is 30.6 Å². The highest BCUT2D eigenvalue weighted by molar-refractivity contribution is 7.99. The standard InChI is InChI=1S/C32H48F3N5O3S2/c1-31(2,3)24-9-14-38(15-10-24)20-25(41)21-40-28-11-16-39(45(4,42)43)22-26(28)30(36-40)23-7-8-27(32(33,34)35)29(19-23)44-18-17-37-12-5-6-13-37/h7-8,19,24-25,41H,5-6,9-18,20-22H2,1-4H3. The highest BCUT2D eigenvalue weighted by atomic mass is 32.2. The number of aliphatic hydroxyl groups excluding tert-OH is 1. The highest BCUT2D eigenvalue weighted by Crippen LogP contribution is 2.40. The molecule has 1 aromatic carbocycles. The van der Waals surface area contributed by atoms with Gasteiger partial charge < -0.3 is 14.9 Å². The van der Waals surface area contributed by atoms with Crippen molar-refractivity contribution in [3.05, 3.63) is 35.0 Å². The third-order valence-corrected chi connectivity index (χ3v) is 11.9. The van der Waals surface area contributed by atoms with E-state index in [1.807, 2.05) is 0 Å². The minimum Gasteiger partial charge on any atom is -0.390 e. The summed E-state index contributed by atoms with van der Waals surface area (Å²) in [4.78, 5) is 4.72. The second kappa shape index (κ2) is 13.8. The largest absolute Gasteiger partial charge is 0.417 e. The maximum absolute atomic E-state index is 14.0. The lowest BCUT2D eigenvalue weighted by Crippen LogP contribution is -2.42. The number of sulfonamides is 1. The summed E-state index contributed by atoms with van der Waals surface area (Å²) in [7, 11) is -3.49. The Balaban J connectivity index is 1.39. The van der Waals surface area contributed by atoms with Gasteiger partial charge in [-0.2, -0.15) is 22.6 Å². The number of halogens is 3. The van der Waals surface area contributed by atoms with Gasteiger partial charge in [-0.15, -0.1) is 11.8 Å². The lowest BCUT2D eigenvalue weighted by molar-refractivity contribution is -0.139. The number of hydrogen-bond donors (Lipinski definition) is 1. The van der Waals surface area contributed by atoms with Crippen LogP contribution in [0.5, 0.6) is 0 Å². The summed E-state index contributed by atoms with van der Waals surface area (Å²) in [6.45, 7) is 12.5. The van der Waals surface area contributed by atoms with Crippen LogP contribution in [-0.2, 0) is 35.7 Å². The van der Waals surface area contributed by atoms with Crippen LogP contribution in [0.2, 0.25) is 0 Å². The van der Waals surface area contributed by atoms with Gasteiger partial charge in [0.15, 0.2) is 0 Å². The zero-order valence-electron chi connectivity index (χ0n) is 26.9. The van der Waals surface area contributed by atoms with Gasteiger partial charge in [-0.3, -0.25) is 4.68 Å². The van der Waals surface area contributed by atoms with Gasteiger partial charge in [-0.05, 0) is 75.3 Å². The Morgan fingerprint density at radius 2 is 1.71 bits per heavy atom. The molecular weight excluding hydrogens is 624 g/mol. The Hall–Kier alpha value is -1.64. The number of β-amino-alcohol motifs (C(OH)–C–C–N with tert-alkyl or cyclic N) is 1. The minimum atomic E-state index is -4.49. The monoisotopic (exact) mass is 671 g/mol. The summed E-state index contributed by atoms with van der Waals surface area (Å²) < 4.78 is 70.2. The average molecular weight is 672 g/mol. The molecule has 1 N–H and O–H groups in total. The first-order valence-electron chi connectivity index (χ1n) is 16.1. The SMILES string of the molecule is CC(C)(C)C1CCN(CC(O)Cn2nc(-c3ccc(C(F)(F)F)c(SCCN4CCCC4)c3)c3c2CCN(S(C)(=O)=O)C3)CC1. The summed E-state index contributed by atoms with van der Waals surface area (Å²) in [5.74, 6) is 1.19. The normalized spacial score (nSPS) is 20.5. The van der Waals surface area contributed by atoms with Gasteiger partial charge in [-0.25, -0.2) is 8.42 Å². The van der Waals surface area contributed by atoms with E-state index in [4.69, 9.17) is 5.10 Å². The van der Waals surface area contributed by atoms with Crippen LogP contribution in [-0.4, -0.2) is 101 Å². The second-order valence-electron chi connectivity index (χ2n) is 14.0. The van der Waals surface area contributed by atoms with Gasteiger partial charge in [0.1, 0.15) is 0 Å². The smallest absolute Gasteiger partial charge is 0.390 e. The predicted molar refractivity (Wildman–Crippen MR) is 173 cm³/mol. The van der Waals surface area contributed by atoms with Crippen LogP contribution in [0.4, 0.5) is 13.2 Å². The third-order valence-electron chi connectivity index (χ3n) is 9.66. The number of alkyl halides is 3. The number of nitrogens with zero attached hydrogens (tertiary/aromatic N) is 5. The molecule has 2 fully saturated rings. The Morgan fingerprint density at radius 3 is 2.33 bits per heavy atom. The van der Waals surface area contributed by atoms with E-state index in [1.54, 1.807) is 10.7 Å². The van der Waals surface area contributed by atoms with Gasteiger partial charge in [-0.1, -0.05) is 26.8 Å². The number of piperidine rings is 1. The fourth-order valence-electron chi connectivity index (χ4n) is 6.98. The molecular formula is C32H48F3N5O3S2. The molecule has 0 amide bonds. The van der Waals surface area contributed by atoms with Gasteiger partial charge in [0.05, 0.1) is 30.2 Å². The van der Waals surface area contributed by atoms with Crippen molar-refractivity contribution in [1.82, 2.24) is 23.9 Å². The number of hydrogen-bond acceptors (Lipinski definition) is 7. The first-order valence-corrected chi connectivity index (χ1v) is 18.9. The number of thioether (sulfide) groups is 1. The van der Waals surface area contributed by atoms with Crippen LogP contribution in [0, 0.1) is 11.3 Å². The van der Waals surface area contributed by atoms with Crippen LogP contribution in [0.15, 0.2) is 23.1 Å². The molecule has 4 heterocycles. The van der Waals surface area contributed by atoms with Crippen molar-refractivity contribution >= 4 is 21.8 Å². The van der Waals surface area contributed by atoms with E-state index in [0.29, 0.717) is 41.5 Å². The van der Waals surface area contributed by atoms with E-state index in [-0.39, 0.29) is 29.9 Å². The van der Waals surface area contributed by atoms with E-state index >= 15 is 0 Å². The third kappa shape index (κ3) is 8.64. The molecule has 2 aromatic rings. The van der Waals surface area contributed by atoms with Crippen molar-refractivity contribution in [3.63, 3.8) is 0 Å². The van der Waals surface area contributed by atoms with Crippen molar-refractivity contribution in [3.8, 4) is 11.3 Å². The van der Waals surface area contributed by atoms with Crippen molar-refractivity contribution in [1.29, 1.82) is 0 Å². The lowest BCUT2D eigenvalue weighted by Gasteiger charge is -2.39. The number of aromatic nitrogens is 2. The maximum Gasteiger partial charge on any atom is 0.417 e. The Morgan fingerprint density at radius 1 is 1.02 bits per heavy atom. The molecule has 45 heavy (non-hydrogen) atoms. The zero-order valence-corrected chi connectivity index (χ0v) is 28.6. The molecule has 252 valence electrons. The molecule has 1 atom stereocenters. The molecule has 0 radical (unpaired) electrons. The molecule has 5 rings (SSSR count). The molecule has 2 saturated heterocycles. The second-order valence-corrected chi connectivity index (χ2v) is 17.1. The van der Waals surface area contributed by atoms with Gasteiger partial charge in [0, 0.05) is 60.1 Å². The predicted octanol–water partition coefficient (Wildman–Crippen LogP) is 5.19. The Labute approximate surface area is 270 Å². The molecule has 0 aliphatic carbocycles. The highest BCUT2D eigenvalue weighted by Gasteiger charge is 2.35. The summed E-state index contributed by atoms with van der Waals surface area (Å²) in [6, 6.07) is 4.11. The number of aliphatic hydroxyl groups is 1. The van der Waals surface area contributed by atoms with Crippen LogP contribution in [0.25, 0.3) is 11.3 Å². The molecule has 13 heteroatoms. The van der Waals surface area contributed by atoms with Gasteiger partial charge in [0.2, 0.25) is 10.0 Å². The molecule has 3 aliphatic heterocycles. The number of likely N-dealkylation sites (tertiary alicyclic amines) is 2. The molecule has 1 aromatic heterocycles. The molecule has 0 spiro atoms. The first-order chi connectivity index (χ1) is 21.1. The summed E-state index contributed by atoms with van der Waals surface area (Å²) in [5, 5.41) is 16.0. The zero-order chi connectivity index (χ0) is 32.6. The van der Waals surface area contributed by atoms with Crippen molar-refractivity contribution in [2.24, 2.45) is 11.3 Å². The van der Waals surface area contributed by atoms with Crippen molar-refractivity contribution in [2.45, 2.75) is 83.1 Å².